The van der Waals surface area contributed by atoms with Crippen LogP contribution in [0.3, 0.4) is 0 Å². The maximum atomic E-state index is 12.4. The first-order valence-corrected chi connectivity index (χ1v) is 18.3. The number of nitrogens with zero attached hydrogens (tertiary/aromatic N) is 3. The van der Waals surface area contributed by atoms with Crippen LogP contribution in [-0.2, 0) is 22.5 Å². The predicted molar refractivity (Wildman–Crippen MR) is 166 cm³/mol. The van der Waals surface area contributed by atoms with Crippen LogP contribution < -0.4 is 10.6 Å². The number of amides is 1. The lowest BCUT2D eigenvalue weighted by molar-refractivity contribution is -0.117. The van der Waals surface area contributed by atoms with Crippen molar-refractivity contribution in [2.75, 3.05) is 18.5 Å². The number of aliphatic hydroxyl groups excluding tert-OH is 1. The lowest BCUT2D eigenvalue weighted by Gasteiger charge is -2.30. The minimum atomic E-state index is -2.48. The molecule has 3 aromatic rings. The van der Waals surface area contributed by atoms with Crippen LogP contribution in [0.1, 0.15) is 55.3 Å². The third-order valence-electron chi connectivity index (χ3n) is 8.98. The van der Waals surface area contributed by atoms with Gasteiger partial charge in [-0.3, -0.25) is 9.48 Å². The first kappa shape index (κ1) is 30.6. The normalized spacial score (nSPS) is 25.0. The number of aliphatic hydroxyl groups is 1. The summed E-state index contributed by atoms with van der Waals surface area (Å²) >= 11 is 0. The Labute approximate surface area is 249 Å². The molecular weight excluding hydrogens is 546 g/mol. The van der Waals surface area contributed by atoms with Crippen LogP contribution in [0.2, 0.25) is 18.6 Å². The summed E-state index contributed by atoms with van der Waals surface area (Å²) in [4.78, 5) is 23.6. The molecule has 1 aromatic heterocycles. The average Bonchev–Trinajstić information content (AvgIpc) is 3.73. The Morgan fingerprint density at radius 1 is 1.14 bits per heavy atom. The Kier molecular flexibility index (Phi) is 9.90. The van der Waals surface area contributed by atoms with E-state index < -0.39 is 8.32 Å². The number of carbonyl (C=O) groups excluding carboxylic acids is 1. The number of anilines is 1. The Balaban J connectivity index is 1.16. The van der Waals surface area contributed by atoms with Crippen molar-refractivity contribution in [2.45, 2.75) is 88.4 Å². The maximum absolute atomic E-state index is 12.4. The monoisotopic (exact) mass is 591 g/mol. The standard InChI is InChI=1S/C32H45N5O4Si/c1-22-29(16-13-23-11-14-25(15-12-23)34-32(39)27-10-7-18-33-27)41-30(31(22)42(2,3)40)17-19-37-20-28(35-36-37)26(21-38)24-8-5-4-6-9-24/h4-6,8-9,11-12,14-15,20,22,26-27,29-31,33,38,40H,7,10,13,16-19,21H2,1-3H3,(H,34,39)/t22-,26?,27+,29+,30-,31+/m0/s1. The number of benzene rings is 2. The van der Waals surface area contributed by atoms with Crippen molar-refractivity contribution in [3.8, 4) is 0 Å². The van der Waals surface area contributed by atoms with Crippen molar-refractivity contribution in [3.05, 3.63) is 77.6 Å². The SMILES string of the molecule is C[C@@H]1[C@@H]([Si](C)(C)O)[C@H](CCn2cc(C(CO)c3ccccc3)nn2)O[C@@H]1CCc1ccc(NC(=O)[C@H]2CCCN2)cc1. The topological polar surface area (TPSA) is 122 Å². The van der Waals surface area contributed by atoms with Crippen LogP contribution in [0, 0.1) is 5.92 Å². The predicted octanol–water partition coefficient (Wildman–Crippen LogP) is 4.09. The summed E-state index contributed by atoms with van der Waals surface area (Å²) in [6.07, 6.45) is 6.34. The highest BCUT2D eigenvalue weighted by Gasteiger charge is 2.49. The molecule has 0 radical (unpaired) electrons. The largest absolute Gasteiger partial charge is 0.432 e. The van der Waals surface area contributed by atoms with Gasteiger partial charge in [0.15, 0.2) is 8.32 Å². The molecular formula is C32H45N5O4Si. The van der Waals surface area contributed by atoms with Gasteiger partial charge in [-0.25, -0.2) is 0 Å². The molecule has 2 fully saturated rings. The van der Waals surface area contributed by atoms with E-state index in [2.05, 4.69) is 40.0 Å². The molecule has 1 amide bonds. The fraction of sp³-hybridized carbons (Fsp3) is 0.531. The van der Waals surface area contributed by atoms with E-state index in [0.717, 1.165) is 55.6 Å². The number of nitrogens with one attached hydrogen (secondary N) is 2. The Hall–Kier alpha value is -2.89. The van der Waals surface area contributed by atoms with E-state index in [0.29, 0.717) is 6.54 Å². The number of carbonyl (C=O) groups is 1. The number of ether oxygens (including phenoxy) is 1. The van der Waals surface area contributed by atoms with E-state index >= 15 is 0 Å². The Bertz CT molecular complexity index is 1290. The summed E-state index contributed by atoms with van der Waals surface area (Å²) in [6, 6.07) is 17.9. The minimum Gasteiger partial charge on any atom is -0.432 e. The number of hydrogen-bond acceptors (Lipinski definition) is 7. The fourth-order valence-electron chi connectivity index (χ4n) is 6.78. The molecule has 5 rings (SSSR count). The molecule has 9 nitrogen and oxygen atoms in total. The molecule has 1 unspecified atom stereocenters. The zero-order chi connectivity index (χ0) is 29.7. The fourth-order valence-corrected chi connectivity index (χ4v) is 9.43. The van der Waals surface area contributed by atoms with Gasteiger partial charge in [0.25, 0.3) is 0 Å². The van der Waals surface area contributed by atoms with Crippen LogP contribution in [0.15, 0.2) is 60.8 Å². The zero-order valence-electron chi connectivity index (χ0n) is 24.9. The molecule has 0 bridgehead atoms. The van der Waals surface area contributed by atoms with E-state index in [1.54, 1.807) is 0 Å². The van der Waals surface area contributed by atoms with Gasteiger partial charge in [-0.2, -0.15) is 0 Å². The molecule has 0 saturated carbocycles. The second-order valence-corrected chi connectivity index (χ2v) is 16.4. The third kappa shape index (κ3) is 7.35. The van der Waals surface area contributed by atoms with Crippen molar-refractivity contribution in [3.63, 3.8) is 0 Å². The van der Waals surface area contributed by atoms with Crippen molar-refractivity contribution in [1.29, 1.82) is 0 Å². The van der Waals surface area contributed by atoms with Gasteiger partial charge in [0.05, 0.1) is 36.5 Å². The third-order valence-corrected chi connectivity index (χ3v) is 11.5. The van der Waals surface area contributed by atoms with Crippen LogP contribution in [-0.4, -0.2) is 70.5 Å². The summed E-state index contributed by atoms with van der Waals surface area (Å²) in [7, 11) is -2.48. The number of aromatic nitrogens is 3. The van der Waals surface area contributed by atoms with Gasteiger partial charge < -0.3 is 25.3 Å². The highest BCUT2D eigenvalue weighted by atomic mass is 28.4. The highest BCUT2D eigenvalue weighted by molar-refractivity contribution is 6.71. The smallest absolute Gasteiger partial charge is 0.241 e. The van der Waals surface area contributed by atoms with Gasteiger partial charge in [-0.1, -0.05) is 54.6 Å². The van der Waals surface area contributed by atoms with E-state index in [4.69, 9.17) is 4.74 Å². The first-order chi connectivity index (χ1) is 20.2. The molecule has 6 atom stereocenters. The summed E-state index contributed by atoms with van der Waals surface area (Å²) in [5, 5.41) is 25.0. The second-order valence-electron chi connectivity index (χ2n) is 12.5. The van der Waals surface area contributed by atoms with Gasteiger partial charge >= 0.3 is 0 Å². The first-order valence-electron chi connectivity index (χ1n) is 15.3. The van der Waals surface area contributed by atoms with Crippen molar-refractivity contribution in [1.82, 2.24) is 20.3 Å². The number of hydrogen-bond donors (Lipinski definition) is 4. The summed E-state index contributed by atoms with van der Waals surface area (Å²) < 4.78 is 8.47. The van der Waals surface area contributed by atoms with E-state index in [1.165, 1.54) is 5.56 Å². The second kappa shape index (κ2) is 13.6. The van der Waals surface area contributed by atoms with Crippen LogP contribution in [0.5, 0.6) is 0 Å². The Morgan fingerprint density at radius 2 is 1.90 bits per heavy atom. The molecule has 2 saturated heterocycles. The molecule has 10 heteroatoms. The molecule has 226 valence electrons. The van der Waals surface area contributed by atoms with Crippen molar-refractivity contribution < 1.29 is 19.4 Å². The van der Waals surface area contributed by atoms with Gasteiger partial charge in [0.2, 0.25) is 5.91 Å². The molecule has 2 aliphatic heterocycles. The van der Waals surface area contributed by atoms with Gasteiger partial charge in [0, 0.05) is 24.0 Å². The van der Waals surface area contributed by atoms with E-state index in [9.17, 15) is 14.7 Å². The molecule has 3 heterocycles. The summed E-state index contributed by atoms with van der Waals surface area (Å²) in [5.41, 5.74) is 3.91. The lowest BCUT2D eigenvalue weighted by atomic mass is 9.95. The molecule has 42 heavy (non-hydrogen) atoms. The molecule has 2 aromatic carbocycles. The quantitative estimate of drug-likeness (QED) is 0.234. The maximum Gasteiger partial charge on any atom is 0.241 e. The molecule has 2 aliphatic rings. The molecule has 4 N–H and O–H groups in total. The molecule has 0 spiro atoms. The van der Waals surface area contributed by atoms with Crippen LogP contribution >= 0.6 is 0 Å². The van der Waals surface area contributed by atoms with Gasteiger partial charge in [0.1, 0.15) is 0 Å². The van der Waals surface area contributed by atoms with Crippen LogP contribution in [0.25, 0.3) is 0 Å². The minimum absolute atomic E-state index is 0.0324. The van der Waals surface area contributed by atoms with Gasteiger partial charge in [-0.15, -0.1) is 5.10 Å². The Morgan fingerprint density at radius 3 is 2.57 bits per heavy atom. The molecule has 0 aliphatic carbocycles. The zero-order valence-corrected chi connectivity index (χ0v) is 25.9. The number of aryl methyl sites for hydroxylation is 2. The van der Waals surface area contributed by atoms with E-state index in [-0.39, 0.29) is 48.1 Å². The van der Waals surface area contributed by atoms with Crippen LogP contribution in [0.4, 0.5) is 5.69 Å². The lowest BCUT2D eigenvalue weighted by Crippen LogP contribution is -2.40. The highest BCUT2D eigenvalue weighted by Crippen LogP contribution is 2.45. The van der Waals surface area contributed by atoms with Crippen molar-refractivity contribution >= 4 is 19.9 Å². The van der Waals surface area contributed by atoms with Crippen molar-refractivity contribution in [2.24, 2.45) is 5.92 Å². The summed E-state index contributed by atoms with van der Waals surface area (Å²) in [5.74, 6) is 0.0772. The summed E-state index contributed by atoms with van der Waals surface area (Å²) in [6.45, 7) is 7.75. The average molecular weight is 592 g/mol. The van der Waals surface area contributed by atoms with E-state index in [1.807, 2.05) is 66.4 Å². The number of rotatable bonds is 12. The van der Waals surface area contributed by atoms with Gasteiger partial charge in [-0.05, 0) is 80.9 Å².